The van der Waals surface area contributed by atoms with Crippen LogP contribution in [0.1, 0.15) is 13.8 Å². The molecule has 3 rings (SSSR count). The Balaban J connectivity index is 0.000000152. The molecule has 2 atom stereocenters. The zero-order valence-electron chi connectivity index (χ0n) is 13.0. The number of rotatable bonds is 0. The molecular weight excluding hydrogens is 256 g/mol. The van der Waals surface area contributed by atoms with Crippen molar-refractivity contribution >= 4 is 0 Å². The maximum Gasteiger partial charge on any atom is 0.0675 e. The van der Waals surface area contributed by atoms with Crippen LogP contribution in [0.3, 0.4) is 0 Å². The smallest absolute Gasteiger partial charge is 0.0675 e. The lowest BCUT2D eigenvalue weighted by molar-refractivity contribution is -0.0166. The van der Waals surface area contributed by atoms with Crippen LogP contribution < -0.4 is 21.3 Å². The average molecular weight is 288 g/mol. The lowest BCUT2D eigenvalue weighted by atomic mass is 10.3. The van der Waals surface area contributed by atoms with E-state index in [1.165, 1.54) is 0 Å². The summed E-state index contributed by atoms with van der Waals surface area (Å²) in [6.45, 7) is 14.6. The minimum absolute atomic E-state index is 0.402. The Kier molecular flexibility index (Phi) is 11.1. The van der Waals surface area contributed by atoms with Gasteiger partial charge < -0.3 is 30.7 Å². The fraction of sp³-hybridized carbons (Fsp3) is 1.00. The van der Waals surface area contributed by atoms with Crippen molar-refractivity contribution in [3.63, 3.8) is 0 Å². The Labute approximate surface area is 123 Å². The van der Waals surface area contributed by atoms with Crippen LogP contribution in [-0.4, -0.2) is 77.8 Å². The first-order chi connectivity index (χ1) is 9.79. The predicted molar refractivity (Wildman–Crippen MR) is 82.3 cm³/mol. The molecule has 0 aromatic rings. The highest BCUT2D eigenvalue weighted by Gasteiger charge is 2.12. The predicted octanol–water partition coefficient (Wildman–Crippen LogP) is -0.831. The van der Waals surface area contributed by atoms with Crippen LogP contribution in [0.25, 0.3) is 0 Å². The van der Waals surface area contributed by atoms with Crippen LogP contribution >= 0.6 is 0 Å². The third-order valence-corrected chi connectivity index (χ3v) is 3.13. The molecule has 0 aliphatic carbocycles. The molecule has 0 aromatic carbocycles. The van der Waals surface area contributed by atoms with Gasteiger partial charge in [-0.1, -0.05) is 0 Å². The van der Waals surface area contributed by atoms with E-state index < -0.39 is 0 Å². The Morgan fingerprint density at radius 3 is 1.30 bits per heavy atom. The van der Waals surface area contributed by atoms with Crippen molar-refractivity contribution in [2.75, 3.05) is 65.6 Å². The van der Waals surface area contributed by atoms with Crippen LogP contribution in [0.4, 0.5) is 0 Å². The van der Waals surface area contributed by atoms with Gasteiger partial charge in [-0.3, -0.25) is 0 Å². The molecule has 3 aliphatic heterocycles. The number of nitrogens with one attached hydrogen (secondary N) is 4. The summed E-state index contributed by atoms with van der Waals surface area (Å²) >= 11 is 0. The fourth-order valence-electron chi connectivity index (χ4n) is 2.10. The molecule has 120 valence electrons. The molecule has 3 aliphatic rings. The molecule has 0 bridgehead atoms. The van der Waals surface area contributed by atoms with E-state index >= 15 is 0 Å². The van der Waals surface area contributed by atoms with E-state index in [-0.39, 0.29) is 0 Å². The van der Waals surface area contributed by atoms with Gasteiger partial charge in [0.1, 0.15) is 0 Å². The molecule has 0 amide bonds. The summed E-state index contributed by atoms with van der Waals surface area (Å²) in [4.78, 5) is 0. The maximum absolute atomic E-state index is 5.42. The molecule has 6 heteroatoms. The minimum Gasteiger partial charge on any atom is -0.379 e. The number of hydrogen-bond donors (Lipinski definition) is 4. The molecule has 0 spiro atoms. The van der Waals surface area contributed by atoms with Gasteiger partial charge in [0.2, 0.25) is 0 Å². The lowest BCUT2D eigenvalue weighted by Crippen LogP contribution is -2.41. The second-order valence-corrected chi connectivity index (χ2v) is 5.28. The molecule has 3 fully saturated rings. The summed E-state index contributed by atoms with van der Waals surface area (Å²) in [6, 6.07) is 0. The summed E-state index contributed by atoms with van der Waals surface area (Å²) in [5.74, 6) is 0. The van der Waals surface area contributed by atoms with E-state index in [4.69, 9.17) is 9.47 Å². The van der Waals surface area contributed by atoms with Gasteiger partial charge in [0.05, 0.1) is 25.4 Å². The molecule has 0 aromatic heterocycles. The second-order valence-electron chi connectivity index (χ2n) is 5.28. The number of piperazine rings is 1. The van der Waals surface area contributed by atoms with Crippen molar-refractivity contribution in [1.29, 1.82) is 0 Å². The van der Waals surface area contributed by atoms with Gasteiger partial charge in [-0.15, -0.1) is 0 Å². The van der Waals surface area contributed by atoms with Crippen molar-refractivity contribution in [2.24, 2.45) is 0 Å². The van der Waals surface area contributed by atoms with Gasteiger partial charge in [-0.05, 0) is 13.8 Å². The highest BCUT2D eigenvalue weighted by molar-refractivity contribution is 4.67. The van der Waals surface area contributed by atoms with Crippen molar-refractivity contribution in [3.05, 3.63) is 0 Å². The van der Waals surface area contributed by atoms with Crippen LogP contribution in [0.15, 0.2) is 0 Å². The Bertz CT molecular complexity index is 168. The standard InChI is InChI=1S/C6H13NO.C4H10N2.C4H9NO/c1-5-3-7-4-6(2)8-5;1-2-6-4-3-5-1;1-3-6-4-2-5-1/h5-7H,3-4H2,1-2H3;5-6H,1-4H2;5H,1-4H2/t5-,6+;;. The first-order valence-electron chi connectivity index (χ1n) is 7.85. The molecule has 20 heavy (non-hydrogen) atoms. The van der Waals surface area contributed by atoms with Gasteiger partial charge in [-0.2, -0.15) is 0 Å². The monoisotopic (exact) mass is 288 g/mol. The highest BCUT2D eigenvalue weighted by atomic mass is 16.5. The van der Waals surface area contributed by atoms with Crippen molar-refractivity contribution in [3.8, 4) is 0 Å². The average Bonchev–Trinajstić information content (AvgIpc) is 2.52. The van der Waals surface area contributed by atoms with Crippen LogP contribution in [0, 0.1) is 0 Å². The second kappa shape index (κ2) is 12.5. The Morgan fingerprint density at radius 1 is 0.650 bits per heavy atom. The summed E-state index contributed by atoms with van der Waals surface area (Å²) in [6.07, 6.45) is 0.803. The van der Waals surface area contributed by atoms with Gasteiger partial charge >= 0.3 is 0 Å². The van der Waals surface area contributed by atoms with E-state index in [1.54, 1.807) is 0 Å². The summed E-state index contributed by atoms with van der Waals surface area (Å²) in [5, 5.41) is 12.9. The van der Waals surface area contributed by atoms with Gasteiger partial charge in [-0.25, -0.2) is 0 Å². The molecule has 4 N–H and O–H groups in total. The molecule has 6 nitrogen and oxygen atoms in total. The maximum atomic E-state index is 5.42. The number of morpholine rings is 2. The van der Waals surface area contributed by atoms with E-state index in [1.807, 2.05) is 0 Å². The van der Waals surface area contributed by atoms with E-state index in [0.29, 0.717) is 12.2 Å². The molecule has 3 saturated heterocycles. The fourth-order valence-corrected chi connectivity index (χ4v) is 2.10. The van der Waals surface area contributed by atoms with Crippen LogP contribution in [-0.2, 0) is 9.47 Å². The van der Waals surface area contributed by atoms with Crippen LogP contribution in [0.5, 0.6) is 0 Å². The third kappa shape index (κ3) is 10.5. The SMILES string of the molecule is C1CNCCN1.C1COCCN1.C[C@@H]1CNC[C@H](C)O1. The zero-order valence-corrected chi connectivity index (χ0v) is 13.0. The van der Waals surface area contributed by atoms with Gasteiger partial charge in [0.25, 0.3) is 0 Å². The van der Waals surface area contributed by atoms with Gasteiger partial charge in [0, 0.05) is 52.4 Å². The largest absolute Gasteiger partial charge is 0.379 e. The molecular formula is C14H32N4O2. The normalized spacial score (nSPS) is 30.3. The van der Waals surface area contributed by atoms with Crippen molar-refractivity contribution < 1.29 is 9.47 Å². The lowest BCUT2D eigenvalue weighted by Gasteiger charge is -2.25. The molecule has 0 radical (unpaired) electrons. The Morgan fingerprint density at radius 2 is 1.10 bits per heavy atom. The van der Waals surface area contributed by atoms with E-state index in [9.17, 15) is 0 Å². The van der Waals surface area contributed by atoms with Crippen molar-refractivity contribution in [2.45, 2.75) is 26.1 Å². The quantitative estimate of drug-likeness (QED) is 0.467. The molecule has 0 unspecified atom stereocenters. The Hall–Kier alpha value is -0.240. The number of hydrogen-bond acceptors (Lipinski definition) is 6. The van der Waals surface area contributed by atoms with Gasteiger partial charge in [0.15, 0.2) is 0 Å². The molecule has 3 heterocycles. The first-order valence-corrected chi connectivity index (χ1v) is 7.85. The third-order valence-electron chi connectivity index (χ3n) is 3.13. The molecule has 0 saturated carbocycles. The highest BCUT2D eigenvalue weighted by Crippen LogP contribution is 2.00. The minimum atomic E-state index is 0.402. The first kappa shape index (κ1) is 17.8. The van der Waals surface area contributed by atoms with E-state index in [2.05, 4.69) is 35.1 Å². The summed E-state index contributed by atoms with van der Waals surface area (Å²) in [5.41, 5.74) is 0. The van der Waals surface area contributed by atoms with Crippen LogP contribution in [0.2, 0.25) is 0 Å². The summed E-state index contributed by atoms with van der Waals surface area (Å²) in [7, 11) is 0. The number of ether oxygens (including phenoxy) is 2. The zero-order chi connectivity index (χ0) is 14.5. The summed E-state index contributed by atoms with van der Waals surface area (Å²) < 4.78 is 10.4. The van der Waals surface area contributed by atoms with Crippen molar-refractivity contribution in [1.82, 2.24) is 21.3 Å². The van der Waals surface area contributed by atoms with E-state index in [0.717, 1.165) is 65.6 Å². The topological polar surface area (TPSA) is 66.6 Å².